The van der Waals surface area contributed by atoms with E-state index in [2.05, 4.69) is 0 Å². The quantitative estimate of drug-likeness (QED) is 0.735. The predicted octanol–water partition coefficient (Wildman–Crippen LogP) is 0.647. The molecule has 0 aromatic carbocycles. The molecular formula is C12H20N2O3. The summed E-state index contributed by atoms with van der Waals surface area (Å²) >= 11 is 0. The van der Waals surface area contributed by atoms with Gasteiger partial charge in [-0.25, -0.2) is 4.79 Å². The second-order valence-electron chi connectivity index (χ2n) is 4.53. The van der Waals surface area contributed by atoms with Crippen LogP contribution in [0.2, 0.25) is 0 Å². The van der Waals surface area contributed by atoms with Crippen LogP contribution in [0.3, 0.4) is 0 Å². The van der Waals surface area contributed by atoms with E-state index in [0.29, 0.717) is 6.42 Å². The number of allylic oxidation sites excluding steroid dienone is 1. The van der Waals surface area contributed by atoms with E-state index in [-0.39, 0.29) is 11.8 Å². The lowest BCUT2D eigenvalue weighted by Gasteiger charge is -2.30. The Morgan fingerprint density at radius 1 is 1.59 bits per heavy atom. The second-order valence-corrected chi connectivity index (χ2v) is 4.53. The lowest BCUT2D eigenvalue weighted by Crippen LogP contribution is -2.50. The topological polar surface area (TPSA) is 72.6 Å². The van der Waals surface area contributed by atoms with Gasteiger partial charge in [0.1, 0.15) is 6.04 Å². The van der Waals surface area contributed by atoms with Crippen molar-refractivity contribution in [2.75, 3.05) is 7.11 Å². The van der Waals surface area contributed by atoms with Crippen LogP contribution in [0.1, 0.15) is 26.7 Å². The van der Waals surface area contributed by atoms with Crippen molar-refractivity contribution in [3.8, 4) is 0 Å². The molecule has 0 aliphatic carbocycles. The highest BCUT2D eigenvalue weighted by atomic mass is 16.5. The van der Waals surface area contributed by atoms with Crippen molar-refractivity contribution in [2.24, 2.45) is 11.7 Å². The fourth-order valence-electron chi connectivity index (χ4n) is 1.91. The van der Waals surface area contributed by atoms with Crippen molar-refractivity contribution in [3.63, 3.8) is 0 Å². The van der Waals surface area contributed by atoms with E-state index >= 15 is 0 Å². The first-order chi connectivity index (χ1) is 7.99. The van der Waals surface area contributed by atoms with Gasteiger partial charge in [-0.3, -0.25) is 4.79 Å². The molecule has 17 heavy (non-hydrogen) atoms. The van der Waals surface area contributed by atoms with Crippen LogP contribution in [0.4, 0.5) is 0 Å². The molecule has 0 spiro atoms. The Morgan fingerprint density at radius 2 is 2.24 bits per heavy atom. The molecule has 2 N–H and O–H groups in total. The molecule has 5 heteroatoms. The molecule has 1 unspecified atom stereocenters. The van der Waals surface area contributed by atoms with Gasteiger partial charge < -0.3 is 15.4 Å². The molecule has 0 bridgehead atoms. The molecule has 1 amide bonds. The maximum absolute atomic E-state index is 12.1. The Kier molecular flexibility index (Phi) is 4.69. The van der Waals surface area contributed by atoms with Gasteiger partial charge in [-0.05, 0) is 18.8 Å². The molecule has 0 saturated heterocycles. The van der Waals surface area contributed by atoms with Crippen LogP contribution in [0.5, 0.6) is 0 Å². The second kappa shape index (κ2) is 5.82. The van der Waals surface area contributed by atoms with Crippen molar-refractivity contribution in [2.45, 2.75) is 38.8 Å². The zero-order valence-corrected chi connectivity index (χ0v) is 10.6. The van der Waals surface area contributed by atoms with Crippen LogP contribution in [-0.2, 0) is 14.3 Å². The summed E-state index contributed by atoms with van der Waals surface area (Å²) in [6, 6.07) is -1.15. The van der Waals surface area contributed by atoms with Crippen LogP contribution < -0.4 is 5.73 Å². The fraction of sp³-hybridized carbons (Fsp3) is 0.667. The van der Waals surface area contributed by atoms with Crippen LogP contribution in [0.25, 0.3) is 0 Å². The number of carbonyl (C=O) groups is 2. The average molecular weight is 240 g/mol. The summed E-state index contributed by atoms with van der Waals surface area (Å²) in [5, 5.41) is 0. The summed E-state index contributed by atoms with van der Waals surface area (Å²) in [5.74, 6) is -0.656. The Morgan fingerprint density at radius 3 is 2.76 bits per heavy atom. The summed E-state index contributed by atoms with van der Waals surface area (Å²) < 4.78 is 4.74. The third-order valence-electron chi connectivity index (χ3n) is 2.86. The predicted molar refractivity (Wildman–Crippen MR) is 63.8 cm³/mol. The van der Waals surface area contributed by atoms with Gasteiger partial charge in [0.25, 0.3) is 0 Å². The van der Waals surface area contributed by atoms with Gasteiger partial charge in [0.2, 0.25) is 5.91 Å². The van der Waals surface area contributed by atoms with Gasteiger partial charge >= 0.3 is 5.97 Å². The Labute approximate surface area is 102 Å². The standard InChI is InChI=1S/C12H20N2O3/c1-8(2)10(12(16)17-3)14-7-5-4-6-9(13)11(14)15/h5,7-10H,4,6,13H2,1-3H3/t9?,10-/m0/s1. The van der Waals surface area contributed by atoms with E-state index in [1.165, 1.54) is 12.0 Å². The lowest BCUT2D eigenvalue weighted by atomic mass is 10.0. The average Bonchev–Trinajstić information content (AvgIpc) is 2.44. The molecule has 1 rings (SSSR count). The molecule has 2 atom stereocenters. The Hall–Kier alpha value is -1.36. The monoisotopic (exact) mass is 240 g/mol. The molecule has 1 aliphatic heterocycles. The number of hydrogen-bond donors (Lipinski definition) is 1. The first-order valence-corrected chi connectivity index (χ1v) is 5.81. The highest BCUT2D eigenvalue weighted by Crippen LogP contribution is 2.18. The van der Waals surface area contributed by atoms with Crippen molar-refractivity contribution in [1.29, 1.82) is 0 Å². The normalized spacial score (nSPS) is 22.5. The molecule has 5 nitrogen and oxygen atoms in total. The van der Waals surface area contributed by atoms with Gasteiger partial charge in [-0.2, -0.15) is 0 Å². The van der Waals surface area contributed by atoms with Crippen molar-refractivity contribution >= 4 is 11.9 Å². The van der Waals surface area contributed by atoms with Crippen LogP contribution in [0.15, 0.2) is 12.3 Å². The number of nitrogens with two attached hydrogens (primary N) is 1. The number of carbonyl (C=O) groups excluding carboxylic acids is 2. The zero-order valence-electron chi connectivity index (χ0n) is 10.6. The molecule has 1 aliphatic rings. The molecule has 0 radical (unpaired) electrons. The van der Waals surface area contributed by atoms with E-state index in [4.69, 9.17) is 10.5 Å². The van der Waals surface area contributed by atoms with E-state index < -0.39 is 18.1 Å². The summed E-state index contributed by atoms with van der Waals surface area (Å²) in [6.45, 7) is 3.75. The molecule has 96 valence electrons. The number of amides is 1. The minimum absolute atomic E-state index is 0.0265. The van der Waals surface area contributed by atoms with Gasteiger partial charge in [-0.1, -0.05) is 19.9 Å². The number of rotatable bonds is 3. The van der Waals surface area contributed by atoms with Crippen LogP contribution >= 0.6 is 0 Å². The fourth-order valence-corrected chi connectivity index (χ4v) is 1.91. The van der Waals surface area contributed by atoms with E-state index in [0.717, 1.165) is 6.42 Å². The number of nitrogens with zero attached hydrogens (tertiary/aromatic N) is 1. The highest BCUT2D eigenvalue weighted by molar-refractivity contribution is 5.88. The van der Waals surface area contributed by atoms with Crippen molar-refractivity contribution < 1.29 is 14.3 Å². The SMILES string of the molecule is COC(=O)[C@H](C(C)C)N1C=CCCC(N)C1=O. The first kappa shape index (κ1) is 13.7. The maximum Gasteiger partial charge on any atom is 0.329 e. The maximum atomic E-state index is 12.1. The van der Waals surface area contributed by atoms with E-state index in [1.807, 2.05) is 19.9 Å². The molecular weight excluding hydrogens is 220 g/mol. The largest absolute Gasteiger partial charge is 0.467 e. The van der Waals surface area contributed by atoms with E-state index in [9.17, 15) is 9.59 Å². The van der Waals surface area contributed by atoms with Gasteiger partial charge in [0, 0.05) is 6.20 Å². The third-order valence-corrected chi connectivity index (χ3v) is 2.86. The van der Waals surface area contributed by atoms with E-state index in [1.54, 1.807) is 6.20 Å². The minimum atomic E-state index is -0.604. The summed E-state index contributed by atoms with van der Waals surface area (Å²) in [5.41, 5.74) is 5.76. The minimum Gasteiger partial charge on any atom is -0.467 e. The number of ether oxygens (including phenoxy) is 1. The number of hydrogen-bond acceptors (Lipinski definition) is 4. The molecule has 0 saturated carbocycles. The molecule has 0 aromatic rings. The van der Waals surface area contributed by atoms with Crippen LogP contribution in [0, 0.1) is 5.92 Å². The first-order valence-electron chi connectivity index (χ1n) is 5.81. The number of esters is 1. The van der Waals surface area contributed by atoms with Crippen molar-refractivity contribution in [3.05, 3.63) is 12.3 Å². The Bertz CT molecular complexity index is 326. The van der Waals surface area contributed by atoms with Gasteiger partial charge in [-0.15, -0.1) is 0 Å². The molecule has 0 aromatic heterocycles. The van der Waals surface area contributed by atoms with Crippen molar-refractivity contribution in [1.82, 2.24) is 4.90 Å². The summed E-state index contributed by atoms with van der Waals surface area (Å²) in [7, 11) is 1.32. The number of methoxy groups -OCH3 is 1. The summed E-state index contributed by atoms with van der Waals surface area (Å²) in [6.07, 6.45) is 4.87. The van der Waals surface area contributed by atoms with Crippen LogP contribution in [-0.4, -0.2) is 36.0 Å². The smallest absolute Gasteiger partial charge is 0.329 e. The third kappa shape index (κ3) is 3.06. The molecule has 0 fully saturated rings. The molecule has 1 heterocycles. The van der Waals surface area contributed by atoms with Gasteiger partial charge in [0.15, 0.2) is 0 Å². The highest BCUT2D eigenvalue weighted by Gasteiger charge is 2.34. The van der Waals surface area contributed by atoms with Gasteiger partial charge in [0.05, 0.1) is 13.2 Å². The summed E-state index contributed by atoms with van der Waals surface area (Å²) in [4.78, 5) is 25.2. The lowest BCUT2D eigenvalue weighted by molar-refractivity contribution is -0.152. The Balaban J connectivity index is 2.99. The zero-order chi connectivity index (χ0) is 13.0.